The lowest BCUT2D eigenvalue weighted by Gasteiger charge is -2.10. The molecule has 0 aliphatic carbocycles. The van der Waals surface area contributed by atoms with Gasteiger partial charge in [0.2, 0.25) is 0 Å². The zero-order chi connectivity index (χ0) is 20.0. The van der Waals surface area contributed by atoms with Gasteiger partial charge in [-0.1, -0.05) is 67.6 Å². The Morgan fingerprint density at radius 3 is 1.46 bits per heavy atom. The number of carbonyl (C=O) groups excluding carboxylic acids is 1. The Balaban J connectivity index is 0.000000266. The number of hydrogen-bond donors (Lipinski definition) is 0. The molecule has 3 aromatic rings. The second-order valence-electron chi connectivity index (χ2n) is 6.04. The Labute approximate surface area is 169 Å². The predicted octanol–water partition coefficient (Wildman–Crippen LogP) is 4.69. The highest BCUT2D eigenvalue weighted by atomic mass is 31.1. The maximum absolute atomic E-state index is 10.5. The lowest BCUT2D eigenvalue weighted by Crippen LogP contribution is -2.20. The van der Waals surface area contributed by atoms with E-state index in [1.165, 1.54) is 22.0 Å². The monoisotopic (exact) mass is 391 g/mol. The number of benzene rings is 3. The molecule has 0 N–H and O–H groups in total. The van der Waals surface area contributed by atoms with E-state index in [1.807, 2.05) is 6.92 Å². The van der Waals surface area contributed by atoms with Crippen molar-refractivity contribution in [1.29, 1.82) is 0 Å². The van der Waals surface area contributed by atoms with Crippen molar-refractivity contribution in [2.75, 3.05) is 6.61 Å². The van der Waals surface area contributed by atoms with Crippen LogP contribution in [0.4, 0.5) is 0 Å². The van der Waals surface area contributed by atoms with Gasteiger partial charge in [-0.05, 0) is 49.7 Å². The summed E-state index contributed by atoms with van der Waals surface area (Å²) >= 11 is 0. The Hall–Kier alpha value is -2.70. The molecule has 0 atom stereocenters. The average Bonchev–Trinajstić information content (AvgIpc) is 2.75. The van der Waals surface area contributed by atoms with E-state index in [4.69, 9.17) is 0 Å². The summed E-state index contributed by atoms with van der Waals surface area (Å²) in [5, 5.41) is 4.31. The fraction of sp³-hybridized carbons (Fsp3) is 0.160. The minimum Gasteiger partial charge on any atom is -0.463 e. The first kappa shape index (κ1) is 21.6. The minimum atomic E-state index is -0.877. The summed E-state index contributed by atoms with van der Waals surface area (Å²) in [4.78, 5) is 10.5. The van der Waals surface area contributed by atoms with Crippen molar-refractivity contribution in [3.8, 4) is 0 Å². The molecule has 0 heterocycles. The Morgan fingerprint density at radius 2 is 1.14 bits per heavy atom. The van der Waals surface area contributed by atoms with Gasteiger partial charge in [-0.3, -0.25) is 0 Å². The molecule has 0 bridgehead atoms. The molecule has 0 saturated carbocycles. The van der Waals surface area contributed by atoms with Crippen molar-refractivity contribution in [3.63, 3.8) is 0 Å². The van der Waals surface area contributed by atoms with E-state index in [9.17, 15) is 4.79 Å². The minimum absolute atomic E-state index is 0.251. The Morgan fingerprint density at radius 1 is 0.750 bits per heavy atom. The van der Waals surface area contributed by atoms with Crippen LogP contribution in [-0.4, -0.2) is 12.6 Å². The summed E-state index contributed by atoms with van der Waals surface area (Å²) in [5.41, 5.74) is 0. The number of rotatable bonds is 6. The smallest absolute Gasteiger partial charge is 0.330 e. The van der Waals surface area contributed by atoms with Crippen molar-refractivity contribution in [2.24, 2.45) is 0 Å². The molecule has 3 aromatic carbocycles. The summed E-state index contributed by atoms with van der Waals surface area (Å²) in [5.74, 6) is -0.251. The highest BCUT2D eigenvalue weighted by Crippen LogP contribution is 2.32. The molecule has 0 aliphatic rings. The van der Waals surface area contributed by atoms with E-state index in [0.717, 1.165) is 6.42 Å². The summed E-state index contributed by atoms with van der Waals surface area (Å²) in [6.45, 7) is 4.21. The first-order chi connectivity index (χ1) is 13.8. The second-order valence-corrected chi connectivity index (χ2v) is 8.52. The van der Waals surface area contributed by atoms with Crippen LogP contribution < -0.4 is 15.9 Å². The molecule has 28 heavy (non-hydrogen) atoms. The molecule has 144 valence electrons. The normalized spacial score (nSPS) is 10.4. The summed E-state index contributed by atoms with van der Waals surface area (Å²) in [6, 6.07) is 32.5. The maximum atomic E-state index is 10.5. The maximum Gasteiger partial charge on any atom is 0.330 e. The van der Waals surface area contributed by atoms with Gasteiger partial charge < -0.3 is 4.74 Å². The van der Waals surface area contributed by atoms with Gasteiger partial charge in [-0.15, -0.1) is 0 Å². The molecule has 0 amide bonds. The van der Waals surface area contributed by atoms with Gasteiger partial charge in [0.05, 0.1) is 14.5 Å². The SMILES string of the molecule is CCC=CC(=O)OCC.c1ccc([PH+](c2ccccc2)c2ccccc2)cc1. The molecular weight excluding hydrogens is 363 g/mol. The molecule has 0 unspecified atom stereocenters. The van der Waals surface area contributed by atoms with Crippen LogP contribution in [0.1, 0.15) is 20.3 Å². The zero-order valence-electron chi connectivity index (χ0n) is 16.5. The van der Waals surface area contributed by atoms with Crippen molar-refractivity contribution < 1.29 is 9.53 Å². The number of carbonyl (C=O) groups is 1. The van der Waals surface area contributed by atoms with Gasteiger partial charge in [-0.2, -0.15) is 0 Å². The average molecular weight is 391 g/mol. The second kappa shape index (κ2) is 12.6. The molecule has 3 rings (SSSR count). The number of hydrogen-bond acceptors (Lipinski definition) is 2. The van der Waals surface area contributed by atoms with Gasteiger partial charge in [0.15, 0.2) is 0 Å². The van der Waals surface area contributed by atoms with Crippen molar-refractivity contribution in [3.05, 3.63) is 103 Å². The lowest BCUT2D eigenvalue weighted by molar-refractivity contribution is -0.137. The van der Waals surface area contributed by atoms with E-state index in [-0.39, 0.29) is 5.97 Å². The molecule has 0 saturated heterocycles. The first-order valence-electron chi connectivity index (χ1n) is 9.62. The van der Waals surface area contributed by atoms with Crippen LogP contribution in [0, 0.1) is 0 Å². The van der Waals surface area contributed by atoms with E-state index < -0.39 is 7.92 Å². The molecule has 3 heteroatoms. The van der Waals surface area contributed by atoms with Gasteiger partial charge in [0, 0.05) is 6.08 Å². The highest BCUT2D eigenvalue weighted by molar-refractivity contribution is 7.79. The van der Waals surface area contributed by atoms with Crippen molar-refractivity contribution in [2.45, 2.75) is 20.3 Å². The van der Waals surface area contributed by atoms with Crippen LogP contribution in [-0.2, 0) is 9.53 Å². The van der Waals surface area contributed by atoms with E-state index in [1.54, 1.807) is 13.0 Å². The third-order valence-electron chi connectivity index (χ3n) is 3.96. The van der Waals surface area contributed by atoms with Gasteiger partial charge in [-0.25, -0.2) is 4.79 Å². The van der Waals surface area contributed by atoms with Gasteiger partial charge in [0.25, 0.3) is 0 Å². The highest BCUT2D eigenvalue weighted by Gasteiger charge is 2.24. The fourth-order valence-corrected chi connectivity index (χ4v) is 5.30. The third-order valence-corrected chi connectivity index (χ3v) is 6.70. The van der Waals surface area contributed by atoms with Crippen LogP contribution in [0.2, 0.25) is 0 Å². The standard InChI is InChI=1S/C18H15P.C7H12O2/c1-4-10-16(11-5-1)19(17-12-6-2-7-13-17)18-14-8-3-9-15-18;1-3-5-6-7(8)9-4-2/h1-15H;5-6H,3-4H2,1-2H3/p+1. The third kappa shape index (κ3) is 7.13. The topological polar surface area (TPSA) is 26.3 Å². The van der Waals surface area contributed by atoms with Crippen molar-refractivity contribution >= 4 is 29.8 Å². The van der Waals surface area contributed by atoms with Crippen LogP contribution in [0.5, 0.6) is 0 Å². The van der Waals surface area contributed by atoms with Crippen LogP contribution >= 0.6 is 7.92 Å². The first-order valence-corrected chi connectivity index (χ1v) is 11.1. The summed E-state index contributed by atoms with van der Waals surface area (Å²) < 4.78 is 4.62. The molecule has 0 radical (unpaired) electrons. The molecule has 0 fully saturated rings. The molecule has 2 nitrogen and oxygen atoms in total. The van der Waals surface area contributed by atoms with E-state index >= 15 is 0 Å². The molecule has 0 aromatic heterocycles. The van der Waals surface area contributed by atoms with E-state index in [0.29, 0.717) is 6.61 Å². The van der Waals surface area contributed by atoms with Crippen LogP contribution in [0.15, 0.2) is 103 Å². The Kier molecular flexibility index (Phi) is 9.75. The summed E-state index contributed by atoms with van der Waals surface area (Å²) in [6.07, 6.45) is 4.10. The van der Waals surface area contributed by atoms with E-state index in [2.05, 4.69) is 95.7 Å². The molecule has 0 spiro atoms. The summed E-state index contributed by atoms with van der Waals surface area (Å²) in [7, 11) is -0.877. The zero-order valence-corrected chi connectivity index (χ0v) is 17.5. The molecule has 0 aliphatic heterocycles. The van der Waals surface area contributed by atoms with Crippen LogP contribution in [0.3, 0.4) is 0 Å². The van der Waals surface area contributed by atoms with Crippen LogP contribution in [0.25, 0.3) is 0 Å². The molecular formula is C25H28O2P+. The van der Waals surface area contributed by atoms with Crippen molar-refractivity contribution in [1.82, 2.24) is 0 Å². The largest absolute Gasteiger partial charge is 0.463 e. The van der Waals surface area contributed by atoms with Gasteiger partial charge in [0.1, 0.15) is 15.9 Å². The van der Waals surface area contributed by atoms with Gasteiger partial charge >= 0.3 is 5.97 Å². The lowest BCUT2D eigenvalue weighted by atomic mass is 10.4. The number of ether oxygens (including phenoxy) is 1. The fourth-order valence-electron chi connectivity index (χ4n) is 2.72. The Bertz CT molecular complexity index is 736. The predicted molar refractivity (Wildman–Crippen MR) is 123 cm³/mol. The quantitative estimate of drug-likeness (QED) is 0.346. The number of esters is 1. The number of allylic oxidation sites excluding steroid dienone is 1.